The third kappa shape index (κ3) is 3.81. The fourth-order valence-electron chi connectivity index (χ4n) is 2.45. The SMILES string of the molecule is CCOC(=O)N1CCCN(S(=O)(=O)c2ccccc2C#N)CC1. The van der Waals surface area contributed by atoms with Gasteiger partial charge >= 0.3 is 6.09 Å². The molecule has 0 spiro atoms. The van der Waals surface area contributed by atoms with E-state index < -0.39 is 16.1 Å². The Bertz CT molecular complexity index is 712. The fraction of sp³-hybridized carbons (Fsp3) is 0.467. The van der Waals surface area contributed by atoms with Crippen LogP contribution in [0, 0.1) is 11.3 Å². The van der Waals surface area contributed by atoms with Gasteiger partial charge in [-0.1, -0.05) is 12.1 Å². The lowest BCUT2D eigenvalue weighted by atomic mass is 10.2. The highest BCUT2D eigenvalue weighted by atomic mass is 32.2. The van der Waals surface area contributed by atoms with E-state index in [0.717, 1.165) is 0 Å². The zero-order valence-electron chi connectivity index (χ0n) is 12.9. The maximum atomic E-state index is 12.8. The van der Waals surface area contributed by atoms with Crippen molar-refractivity contribution in [2.75, 3.05) is 32.8 Å². The number of benzene rings is 1. The Labute approximate surface area is 136 Å². The number of hydrogen-bond donors (Lipinski definition) is 0. The van der Waals surface area contributed by atoms with E-state index in [4.69, 9.17) is 10.00 Å². The fourth-order valence-corrected chi connectivity index (χ4v) is 4.07. The van der Waals surface area contributed by atoms with Crippen molar-refractivity contribution >= 4 is 16.1 Å². The monoisotopic (exact) mass is 337 g/mol. The van der Waals surface area contributed by atoms with Crippen molar-refractivity contribution in [3.05, 3.63) is 29.8 Å². The first kappa shape index (κ1) is 17.2. The lowest BCUT2D eigenvalue weighted by Crippen LogP contribution is -2.37. The average molecular weight is 337 g/mol. The van der Waals surface area contributed by atoms with Crippen LogP contribution in [-0.2, 0) is 14.8 Å². The summed E-state index contributed by atoms with van der Waals surface area (Å²) < 4.78 is 31.8. The molecule has 1 aliphatic rings. The largest absolute Gasteiger partial charge is 0.450 e. The number of amides is 1. The number of carbonyl (C=O) groups excluding carboxylic acids is 1. The molecule has 0 aromatic heterocycles. The van der Waals surface area contributed by atoms with Crippen LogP contribution in [-0.4, -0.2) is 56.5 Å². The van der Waals surface area contributed by atoms with E-state index in [0.29, 0.717) is 19.5 Å². The summed E-state index contributed by atoms with van der Waals surface area (Å²) in [5.74, 6) is 0. The molecule has 0 aliphatic carbocycles. The quantitative estimate of drug-likeness (QED) is 0.832. The van der Waals surface area contributed by atoms with Crippen LogP contribution in [0.25, 0.3) is 0 Å². The second kappa shape index (κ2) is 7.44. The van der Waals surface area contributed by atoms with Crippen LogP contribution in [0.3, 0.4) is 0 Å². The molecule has 0 saturated carbocycles. The van der Waals surface area contributed by atoms with Gasteiger partial charge in [-0.05, 0) is 25.5 Å². The molecule has 124 valence electrons. The Morgan fingerprint density at radius 3 is 2.70 bits per heavy atom. The Kier molecular flexibility index (Phi) is 5.58. The molecular formula is C15H19N3O4S. The summed E-state index contributed by atoms with van der Waals surface area (Å²) in [5.41, 5.74) is 0.124. The van der Waals surface area contributed by atoms with Crippen molar-refractivity contribution in [1.29, 1.82) is 5.26 Å². The summed E-state index contributed by atoms with van der Waals surface area (Å²) in [6.07, 6.45) is 0.0939. The molecule has 2 rings (SSSR count). The number of sulfonamides is 1. The maximum Gasteiger partial charge on any atom is 0.409 e. The summed E-state index contributed by atoms with van der Waals surface area (Å²) in [7, 11) is -3.76. The highest BCUT2D eigenvalue weighted by molar-refractivity contribution is 7.89. The summed E-state index contributed by atoms with van der Waals surface area (Å²) in [6, 6.07) is 8.05. The molecule has 8 heteroatoms. The van der Waals surface area contributed by atoms with Gasteiger partial charge in [-0.15, -0.1) is 0 Å². The van der Waals surface area contributed by atoms with Gasteiger partial charge in [0.25, 0.3) is 0 Å². The number of ether oxygens (including phenoxy) is 1. The van der Waals surface area contributed by atoms with Crippen LogP contribution in [0.4, 0.5) is 4.79 Å². The molecule has 0 atom stereocenters. The third-order valence-corrected chi connectivity index (χ3v) is 5.56. The summed E-state index contributed by atoms with van der Waals surface area (Å²) in [4.78, 5) is 13.3. The first-order valence-corrected chi connectivity index (χ1v) is 8.85. The standard InChI is InChI=1S/C15H19N3O4S/c1-2-22-15(19)17-8-5-9-18(11-10-17)23(20,21)14-7-4-3-6-13(14)12-16/h3-4,6-7H,2,5,8-11H2,1H3. The number of nitriles is 1. The van der Waals surface area contributed by atoms with Crippen LogP contribution in [0.1, 0.15) is 18.9 Å². The molecule has 7 nitrogen and oxygen atoms in total. The predicted molar refractivity (Wildman–Crippen MR) is 83.1 cm³/mol. The minimum absolute atomic E-state index is 0.00656. The highest BCUT2D eigenvalue weighted by Crippen LogP contribution is 2.21. The van der Waals surface area contributed by atoms with Crippen molar-refractivity contribution in [3.8, 4) is 6.07 Å². The summed E-state index contributed by atoms with van der Waals surface area (Å²) >= 11 is 0. The second-order valence-electron chi connectivity index (χ2n) is 5.05. The predicted octanol–water partition coefficient (Wildman–Crippen LogP) is 1.41. The number of carbonyl (C=O) groups is 1. The van der Waals surface area contributed by atoms with E-state index in [1.54, 1.807) is 19.1 Å². The van der Waals surface area contributed by atoms with Gasteiger partial charge in [0.05, 0.1) is 17.1 Å². The van der Waals surface area contributed by atoms with Crippen LogP contribution in [0.5, 0.6) is 0 Å². The van der Waals surface area contributed by atoms with E-state index in [-0.39, 0.29) is 30.2 Å². The first-order valence-electron chi connectivity index (χ1n) is 7.41. The molecule has 0 bridgehead atoms. The highest BCUT2D eigenvalue weighted by Gasteiger charge is 2.30. The van der Waals surface area contributed by atoms with Gasteiger partial charge in [0, 0.05) is 26.2 Å². The third-order valence-electron chi connectivity index (χ3n) is 3.61. The number of rotatable bonds is 3. The van der Waals surface area contributed by atoms with Crippen LogP contribution in [0.15, 0.2) is 29.2 Å². The van der Waals surface area contributed by atoms with Gasteiger partial charge in [-0.2, -0.15) is 9.57 Å². The zero-order valence-corrected chi connectivity index (χ0v) is 13.8. The van der Waals surface area contributed by atoms with Crippen molar-refractivity contribution in [3.63, 3.8) is 0 Å². The molecule has 23 heavy (non-hydrogen) atoms. The Morgan fingerprint density at radius 2 is 2.00 bits per heavy atom. The molecule has 1 aromatic carbocycles. The molecule has 0 radical (unpaired) electrons. The zero-order chi connectivity index (χ0) is 16.9. The molecule has 0 unspecified atom stereocenters. The van der Waals surface area contributed by atoms with Crippen molar-refractivity contribution in [1.82, 2.24) is 9.21 Å². The molecular weight excluding hydrogens is 318 g/mol. The molecule has 1 amide bonds. The number of nitrogens with zero attached hydrogens (tertiary/aromatic N) is 3. The Balaban J connectivity index is 2.19. The topological polar surface area (TPSA) is 90.7 Å². The minimum atomic E-state index is -3.76. The molecule has 1 fully saturated rings. The van der Waals surface area contributed by atoms with E-state index >= 15 is 0 Å². The van der Waals surface area contributed by atoms with Crippen molar-refractivity contribution in [2.45, 2.75) is 18.2 Å². The Morgan fingerprint density at radius 1 is 1.26 bits per heavy atom. The van der Waals surface area contributed by atoms with E-state index in [1.165, 1.54) is 21.3 Å². The van der Waals surface area contributed by atoms with Gasteiger partial charge in [0.2, 0.25) is 10.0 Å². The molecule has 1 saturated heterocycles. The van der Waals surface area contributed by atoms with Gasteiger partial charge < -0.3 is 9.64 Å². The first-order chi connectivity index (χ1) is 11.0. The van der Waals surface area contributed by atoms with Crippen LogP contribution < -0.4 is 0 Å². The van der Waals surface area contributed by atoms with Gasteiger partial charge in [0.15, 0.2) is 0 Å². The van der Waals surface area contributed by atoms with Crippen LogP contribution >= 0.6 is 0 Å². The molecule has 1 aliphatic heterocycles. The Hall–Kier alpha value is -2.11. The average Bonchev–Trinajstić information content (AvgIpc) is 2.81. The van der Waals surface area contributed by atoms with Gasteiger partial charge in [-0.3, -0.25) is 0 Å². The van der Waals surface area contributed by atoms with E-state index in [1.807, 2.05) is 6.07 Å². The molecule has 1 aromatic rings. The van der Waals surface area contributed by atoms with Gasteiger partial charge in [0.1, 0.15) is 6.07 Å². The minimum Gasteiger partial charge on any atom is -0.450 e. The van der Waals surface area contributed by atoms with Crippen molar-refractivity contribution in [2.24, 2.45) is 0 Å². The van der Waals surface area contributed by atoms with E-state index in [9.17, 15) is 13.2 Å². The smallest absolute Gasteiger partial charge is 0.409 e. The second-order valence-corrected chi connectivity index (χ2v) is 6.96. The maximum absolute atomic E-state index is 12.8. The summed E-state index contributed by atoms with van der Waals surface area (Å²) in [6.45, 7) is 3.22. The molecule has 1 heterocycles. The molecule has 0 N–H and O–H groups in total. The normalized spacial score (nSPS) is 16.4. The summed E-state index contributed by atoms with van der Waals surface area (Å²) in [5, 5.41) is 9.11. The van der Waals surface area contributed by atoms with Gasteiger partial charge in [-0.25, -0.2) is 13.2 Å². The van der Waals surface area contributed by atoms with Crippen LogP contribution in [0.2, 0.25) is 0 Å². The van der Waals surface area contributed by atoms with E-state index in [2.05, 4.69) is 0 Å². The lowest BCUT2D eigenvalue weighted by Gasteiger charge is -2.21. The lowest BCUT2D eigenvalue weighted by molar-refractivity contribution is 0.109. The number of hydrogen-bond acceptors (Lipinski definition) is 5. The van der Waals surface area contributed by atoms with Crippen molar-refractivity contribution < 1.29 is 17.9 Å².